The minimum Gasteiger partial charge on any atom is -0.497 e. The Balaban J connectivity index is 1.61. The SMILES string of the molecule is COc1ccc(CNc2nccn3c(C4(O)CCCN(C(=O)OC(C)(C)C)C4)nc(Br)c23)c(OC)c1. The van der Waals surface area contributed by atoms with E-state index in [4.69, 9.17) is 14.2 Å². The molecule has 0 spiro atoms. The van der Waals surface area contributed by atoms with Crippen molar-refractivity contribution in [1.82, 2.24) is 19.3 Å². The molecule has 1 unspecified atom stereocenters. The van der Waals surface area contributed by atoms with Crippen LogP contribution in [0, 0.1) is 0 Å². The van der Waals surface area contributed by atoms with Crippen LogP contribution in [0.2, 0.25) is 0 Å². The van der Waals surface area contributed by atoms with Gasteiger partial charge in [-0.05, 0) is 61.7 Å². The molecular weight excluding hydrogens is 530 g/mol. The second-order valence-electron chi connectivity index (χ2n) is 9.79. The molecule has 11 heteroatoms. The molecule has 1 amide bonds. The minimum atomic E-state index is -1.35. The fraction of sp³-hybridized carbons (Fsp3) is 0.480. The van der Waals surface area contributed by atoms with Gasteiger partial charge >= 0.3 is 6.09 Å². The zero-order valence-corrected chi connectivity index (χ0v) is 22.8. The lowest BCUT2D eigenvalue weighted by Crippen LogP contribution is -2.50. The van der Waals surface area contributed by atoms with Gasteiger partial charge in [0, 0.05) is 37.1 Å². The van der Waals surface area contributed by atoms with E-state index >= 15 is 0 Å². The molecule has 4 rings (SSSR count). The Morgan fingerprint density at radius 1 is 1.28 bits per heavy atom. The summed E-state index contributed by atoms with van der Waals surface area (Å²) in [7, 11) is 3.22. The van der Waals surface area contributed by atoms with E-state index < -0.39 is 17.3 Å². The number of halogens is 1. The van der Waals surface area contributed by atoms with Gasteiger partial charge in [0.05, 0.1) is 20.8 Å². The second kappa shape index (κ2) is 10.1. The summed E-state index contributed by atoms with van der Waals surface area (Å²) >= 11 is 3.55. The lowest BCUT2D eigenvalue weighted by Gasteiger charge is -2.38. The number of aliphatic hydroxyl groups is 1. The molecule has 0 aliphatic carbocycles. The first kappa shape index (κ1) is 26.0. The number of hydrogen-bond donors (Lipinski definition) is 2. The fourth-order valence-electron chi connectivity index (χ4n) is 4.33. The van der Waals surface area contributed by atoms with Gasteiger partial charge in [-0.15, -0.1) is 0 Å². The Labute approximate surface area is 218 Å². The second-order valence-corrected chi connectivity index (χ2v) is 10.5. The topological polar surface area (TPSA) is 110 Å². The normalized spacial score (nSPS) is 18.2. The highest BCUT2D eigenvalue weighted by Gasteiger charge is 2.42. The number of hydrogen-bond acceptors (Lipinski definition) is 8. The maximum absolute atomic E-state index is 12.7. The number of rotatable bonds is 6. The maximum atomic E-state index is 12.7. The Bertz CT molecular complexity index is 1260. The maximum Gasteiger partial charge on any atom is 0.410 e. The number of amides is 1. The molecule has 0 saturated carbocycles. The number of β-amino-alcohol motifs (C(OH)–C–C–N with tert-alkyl or cyclic N) is 1. The molecule has 1 aliphatic heterocycles. The van der Waals surface area contributed by atoms with Crippen molar-refractivity contribution in [2.45, 2.75) is 51.4 Å². The third kappa shape index (κ3) is 5.36. The van der Waals surface area contributed by atoms with Crippen LogP contribution in [0.3, 0.4) is 0 Å². The number of carbonyl (C=O) groups excluding carboxylic acids is 1. The summed E-state index contributed by atoms with van der Waals surface area (Å²) in [5.41, 5.74) is -0.351. The molecule has 1 aromatic carbocycles. The van der Waals surface area contributed by atoms with Crippen molar-refractivity contribution in [1.29, 1.82) is 0 Å². The van der Waals surface area contributed by atoms with Crippen molar-refractivity contribution in [3.63, 3.8) is 0 Å². The molecule has 0 radical (unpaired) electrons. The van der Waals surface area contributed by atoms with Crippen LogP contribution in [0.15, 0.2) is 35.2 Å². The molecule has 1 saturated heterocycles. The lowest BCUT2D eigenvalue weighted by atomic mass is 9.92. The van der Waals surface area contributed by atoms with Gasteiger partial charge in [0.25, 0.3) is 0 Å². The number of imidazole rings is 1. The van der Waals surface area contributed by atoms with E-state index in [2.05, 4.69) is 31.2 Å². The molecule has 3 aromatic rings. The lowest BCUT2D eigenvalue weighted by molar-refractivity contribution is -0.0518. The number of piperidine rings is 1. The van der Waals surface area contributed by atoms with Crippen LogP contribution in [0.5, 0.6) is 11.5 Å². The predicted octanol–water partition coefficient (Wildman–Crippen LogP) is 4.34. The zero-order chi connectivity index (χ0) is 26.1. The number of anilines is 1. The van der Waals surface area contributed by atoms with Crippen LogP contribution in [0.1, 0.15) is 45.0 Å². The van der Waals surface area contributed by atoms with Crippen molar-refractivity contribution in [2.75, 3.05) is 32.6 Å². The van der Waals surface area contributed by atoms with Gasteiger partial charge < -0.3 is 29.5 Å². The van der Waals surface area contributed by atoms with Crippen LogP contribution in [-0.4, -0.2) is 63.4 Å². The van der Waals surface area contributed by atoms with Gasteiger partial charge in [0.1, 0.15) is 38.6 Å². The van der Waals surface area contributed by atoms with Gasteiger partial charge in [-0.25, -0.2) is 14.8 Å². The van der Waals surface area contributed by atoms with Gasteiger partial charge in [0.2, 0.25) is 0 Å². The molecule has 1 atom stereocenters. The van der Waals surface area contributed by atoms with Crippen molar-refractivity contribution < 1.29 is 24.1 Å². The van der Waals surface area contributed by atoms with E-state index in [9.17, 15) is 9.90 Å². The number of fused-ring (bicyclic) bond motifs is 1. The highest BCUT2D eigenvalue weighted by Crippen LogP contribution is 2.36. The number of nitrogens with one attached hydrogen (secondary N) is 1. The van der Waals surface area contributed by atoms with E-state index in [0.29, 0.717) is 59.2 Å². The van der Waals surface area contributed by atoms with Crippen molar-refractivity contribution >= 4 is 33.4 Å². The van der Waals surface area contributed by atoms with Crippen LogP contribution in [-0.2, 0) is 16.9 Å². The number of likely N-dealkylation sites (tertiary alicyclic amines) is 1. The Kier molecular flexibility index (Phi) is 7.33. The smallest absolute Gasteiger partial charge is 0.410 e. The Morgan fingerprint density at radius 3 is 2.75 bits per heavy atom. The molecule has 1 fully saturated rings. The molecule has 0 bridgehead atoms. The van der Waals surface area contributed by atoms with Gasteiger partial charge in [-0.3, -0.25) is 4.40 Å². The molecule has 1 aliphatic rings. The summed E-state index contributed by atoms with van der Waals surface area (Å²) in [6, 6.07) is 5.62. The highest BCUT2D eigenvalue weighted by atomic mass is 79.9. The Morgan fingerprint density at radius 2 is 2.06 bits per heavy atom. The largest absolute Gasteiger partial charge is 0.497 e. The monoisotopic (exact) mass is 561 g/mol. The summed E-state index contributed by atoms with van der Waals surface area (Å²) in [5, 5.41) is 15.0. The van der Waals surface area contributed by atoms with Crippen LogP contribution >= 0.6 is 15.9 Å². The number of ether oxygens (including phenoxy) is 3. The predicted molar refractivity (Wildman–Crippen MR) is 138 cm³/mol. The van der Waals surface area contributed by atoms with E-state index in [-0.39, 0.29) is 6.54 Å². The summed E-state index contributed by atoms with van der Waals surface area (Å²) in [6.07, 6.45) is 4.04. The van der Waals surface area contributed by atoms with Crippen LogP contribution in [0.25, 0.3) is 5.52 Å². The number of carbonyl (C=O) groups is 1. The fourth-order valence-corrected chi connectivity index (χ4v) is 4.88. The minimum absolute atomic E-state index is 0.0849. The van der Waals surface area contributed by atoms with E-state index in [1.807, 2.05) is 43.4 Å². The van der Waals surface area contributed by atoms with Crippen LogP contribution < -0.4 is 14.8 Å². The molecule has 2 N–H and O–H groups in total. The van der Waals surface area contributed by atoms with Crippen molar-refractivity contribution in [3.05, 3.63) is 46.6 Å². The van der Waals surface area contributed by atoms with Gasteiger partial charge in [0.15, 0.2) is 5.82 Å². The Hall–Kier alpha value is -3.05. The number of aromatic nitrogens is 3. The van der Waals surface area contributed by atoms with E-state index in [0.717, 1.165) is 5.56 Å². The summed E-state index contributed by atoms with van der Waals surface area (Å²) < 4.78 is 18.7. The number of nitrogens with zero attached hydrogens (tertiary/aromatic N) is 4. The first-order valence-corrected chi connectivity index (χ1v) is 12.5. The summed E-state index contributed by atoms with van der Waals surface area (Å²) in [6.45, 7) is 6.51. The first-order valence-electron chi connectivity index (χ1n) is 11.7. The molecule has 2 aromatic heterocycles. The molecule has 3 heterocycles. The number of benzene rings is 1. The third-order valence-corrected chi connectivity index (χ3v) is 6.54. The summed E-state index contributed by atoms with van der Waals surface area (Å²) in [4.78, 5) is 23.4. The quantitative estimate of drug-likeness (QED) is 0.457. The molecule has 36 heavy (non-hydrogen) atoms. The van der Waals surface area contributed by atoms with Gasteiger partial charge in [-0.1, -0.05) is 0 Å². The third-order valence-electron chi connectivity index (χ3n) is 5.99. The van der Waals surface area contributed by atoms with Gasteiger partial charge in [-0.2, -0.15) is 0 Å². The average Bonchev–Trinajstić information content (AvgIpc) is 3.19. The number of methoxy groups -OCH3 is 2. The first-order chi connectivity index (χ1) is 17.0. The van der Waals surface area contributed by atoms with Crippen LogP contribution in [0.4, 0.5) is 10.6 Å². The summed E-state index contributed by atoms with van der Waals surface area (Å²) in [5.74, 6) is 2.43. The highest BCUT2D eigenvalue weighted by molar-refractivity contribution is 9.10. The van der Waals surface area contributed by atoms with E-state index in [1.54, 1.807) is 31.5 Å². The van der Waals surface area contributed by atoms with Crippen molar-refractivity contribution in [3.8, 4) is 11.5 Å². The molecule has 10 nitrogen and oxygen atoms in total. The van der Waals surface area contributed by atoms with Crippen molar-refractivity contribution in [2.24, 2.45) is 0 Å². The molecular formula is C25H32BrN5O5. The average molecular weight is 562 g/mol. The zero-order valence-electron chi connectivity index (χ0n) is 21.2. The standard InChI is InChI=1S/C25H32BrN5O5/c1-24(2,3)36-23(32)30-11-6-9-25(33,15-30)22-29-20(26)19-21(27-10-12-31(19)22)28-14-16-7-8-17(34-4)13-18(16)35-5/h7-8,10,12-13,33H,6,9,11,14-15H2,1-5H3,(H,27,28). The van der Waals surface area contributed by atoms with E-state index in [1.165, 1.54) is 0 Å². The molecule has 194 valence electrons.